The molecule has 1 rings (SSSR count). The lowest BCUT2D eigenvalue weighted by atomic mass is 10.3. The number of hydrogen-bond acceptors (Lipinski definition) is 5. The molecule has 0 fully saturated rings. The van der Waals surface area contributed by atoms with Gasteiger partial charge in [-0.2, -0.15) is 5.10 Å². The van der Waals surface area contributed by atoms with Gasteiger partial charge in [0.2, 0.25) is 5.96 Å². The molecule has 0 spiro atoms. The lowest BCUT2D eigenvalue weighted by Gasteiger charge is -2.14. The van der Waals surface area contributed by atoms with Crippen LogP contribution in [0.1, 0.15) is 25.2 Å². The summed E-state index contributed by atoms with van der Waals surface area (Å²) in [6, 6.07) is -0.0466. The van der Waals surface area contributed by atoms with Gasteiger partial charge in [0.05, 0.1) is 6.04 Å². The van der Waals surface area contributed by atoms with Crippen LogP contribution >= 0.6 is 0 Å². The number of ether oxygens (including phenoxy) is 1. The summed E-state index contributed by atoms with van der Waals surface area (Å²) in [6.07, 6.45) is 2.30. The third-order valence-corrected chi connectivity index (χ3v) is 2.11. The molecular weight excluding hydrogens is 222 g/mol. The number of H-pyrrole nitrogens is 1. The van der Waals surface area contributed by atoms with Gasteiger partial charge >= 0.3 is 0 Å². The van der Waals surface area contributed by atoms with Crippen LogP contribution in [0.15, 0.2) is 11.3 Å². The average Bonchev–Trinajstić information content (AvgIpc) is 2.86. The van der Waals surface area contributed by atoms with E-state index in [2.05, 4.69) is 30.9 Å². The van der Waals surface area contributed by atoms with Crippen molar-refractivity contribution in [2.24, 2.45) is 10.8 Å². The van der Waals surface area contributed by atoms with Gasteiger partial charge in [0, 0.05) is 20.3 Å². The molecule has 1 aromatic heterocycles. The molecule has 0 aliphatic carbocycles. The van der Waals surface area contributed by atoms with Crippen LogP contribution in [0.5, 0.6) is 0 Å². The van der Waals surface area contributed by atoms with Gasteiger partial charge in [-0.05, 0) is 13.3 Å². The summed E-state index contributed by atoms with van der Waals surface area (Å²) in [7, 11) is 1.66. The number of nitrogens with two attached hydrogens (primary N) is 1. The summed E-state index contributed by atoms with van der Waals surface area (Å²) in [5.41, 5.74) is 2.51. The smallest absolute Gasteiger partial charge is 0.206 e. The molecule has 0 amide bonds. The van der Waals surface area contributed by atoms with E-state index in [1.165, 1.54) is 6.33 Å². The van der Waals surface area contributed by atoms with Crippen LogP contribution in [0, 0.1) is 0 Å². The number of rotatable bonds is 6. The second-order valence-electron chi connectivity index (χ2n) is 3.46. The first kappa shape index (κ1) is 13.4. The highest BCUT2D eigenvalue weighted by Gasteiger charge is 2.09. The van der Waals surface area contributed by atoms with Crippen LogP contribution in [-0.4, -0.2) is 41.4 Å². The lowest BCUT2D eigenvalue weighted by molar-refractivity contribution is 0.197. The zero-order chi connectivity index (χ0) is 12.5. The summed E-state index contributed by atoms with van der Waals surface area (Å²) in [4.78, 5) is 8.30. The first-order valence-electron chi connectivity index (χ1n) is 5.39. The quantitative estimate of drug-likeness (QED) is 0.172. The molecule has 0 bridgehead atoms. The predicted octanol–water partition coefficient (Wildman–Crippen LogP) is -0.689. The van der Waals surface area contributed by atoms with E-state index in [1.807, 2.05) is 6.92 Å². The summed E-state index contributed by atoms with van der Waals surface area (Å²) in [5, 5.41) is 9.64. The van der Waals surface area contributed by atoms with Crippen LogP contribution in [0.4, 0.5) is 0 Å². The number of aromatic nitrogens is 3. The van der Waals surface area contributed by atoms with Gasteiger partial charge in [-0.25, -0.2) is 10.8 Å². The highest BCUT2D eigenvalue weighted by molar-refractivity contribution is 5.79. The molecule has 8 heteroatoms. The normalized spacial score (nSPS) is 13.5. The fourth-order valence-corrected chi connectivity index (χ4v) is 1.23. The SMILES string of the molecule is COCCCN=C(NN)NC(C)c1ncn[nH]1. The van der Waals surface area contributed by atoms with E-state index in [0.29, 0.717) is 19.1 Å². The van der Waals surface area contributed by atoms with E-state index in [1.54, 1.807) is 7.11 Å². The van der Waals surface area contributed by atoms with Gasteiger partial charge in [-0.3, -0.25) is 15.5 Å². The molecule has 8 nitrogen and oxygen atoms in total. The highest BCUT2D eigenvalue weighted by Crippen LogP contribution is 2.02. The van der Waals surface area contributed by atoms with Crippen LogP contribution in [0.25, 0.3) is 0 Å². The van der Waals surface area contributed by atoms with Crippen molar-refractivity contribution in [3.8, 4) is 0 Å². The van der Waals surface area contributed by atoms with Crippen molar-refractivity contribution in [2.75, 3.05) is 20.3 Å². The number of methoxy groups -OCH3 is 1. The summed E-state index contributed by atoms with van der Waals surface area (Å²) < 4.78 is 4.93. The van der Waals surface area contributed by atoms with Crippen LogP contribution in [-0.2, 0) is 4.74 Å². The number of nitrogens with one attached hydrogen (secondary N) is 3. The maximum absolute atomic E-state index is 5.37. The Bertz CT molecular complexity index is 324. The Morgan fingerprint density at radius 1 is 1.71 bits per heavy atom. The molecule has 5 N–H and O–H groups in total. The van der Waals surface area contributed by atoms with Crippen LogP contribution < -0.4 is 16.6 Å². The van der Waals surface area contributed by atoms with Crippen LogP contribution in [0.2, 0.25) is 0 Å². The zero-order valence-electron chi connectivity index (χ0n) is 10.1. The minimum Gasteiger partial charge on any atom is -0.385 e. The van der Waals surface area contributed by atoms with Crippen molar-refractivity contribution in [1.29, 1.82) is 0 Å². The van der Waals surface area contributed by atoms with E-state index in [9.17, 15) is 0 Å². The number of aromatic amines is 1. The van der Waals surface area contributed by atoms with Crippen molar-refractivity contribution in [1.82, 2.24) is 25.9 Å². The van der Waals surface area contributed by atoms with Gasteiger partial charge in [-0.1, -0.05) is 0 Å². The van der Waals surface area contributed by atoms with Crippen molar-refractivity contribution in [3.05, 3.63) is 12.2 Å². The Kier molecular flexibility index (Phi) is 5.97. The largest absolute Gasteiger partial charge is 0.385 e. The van der Waals surface area contributed by atoms with Gasteiger partial charge in [0.25, 0.3) is 0 Å². The molecule has 0 radical (unpaired) electrons. The van der Waals surface area contributed by atoms with Crippen molar-refractivity contribution >= 4 is 5.96 Å². The molecule has 17 heavy (non-hydrogen) atoms. The fourth-order valence-electron chi connectivity index (χ4n) is 1.23. The van der Waals surface area contributed by atoms with Gasteiger partial charge in [-0.15, -0.1) is 0 Å². The molecule has 0 saturated heterocycles. The van der Waals surface area contributed by atoms with Gasteiger partial charge in [0.15, 0.2) is 0 Å². The van der Waals surface area contributed by atoms with E-state index in [-0.39, 0.29) is 6.04 Å². The first-order valence-corrected chi connectivity index (χ1v) is 5.39. The zero-order valence-corrected chi connectivity index (χ0v) is 10.1. The number of hydrazine groups is 1. The van der Waals surface area contributed by atoms with Crippen molar-refractivity contribution in [3.63, 3.8) is 0 Å². The van der Waals surface area contributed by atoms with E-state index in [4.69, 9.17) is 10.6 Å². The standard InChI is InChI=1S/C9H19N7O/c1-7(8-12-6-13-16-8)14-9(15-10)11-4-3-5-17-2/h6-7H,3-5,10H2,1-2H3,(H2,11,14,15)(H,12,13,16). The predicted molar refractivity (Wildman–Crippen MR) is 64.1 cm³/mol. The van der Waals surface area contributed by atoms with E-state index in [0.717, 1.165) is 12.2 Å². The Hall–Kier alpha value is -1.67. The Morgan fingerprint density at radius 3 is 3.12 bits per heavy atom. The number of hydrogen-bond donors (Lipinski definition) is 4. The summed E-state index contributed by atoms with van der Waals surface area (Å²) in [6.45, 7) is 3.25. The second-order valence-corrected chi connectivity index (χ2v) is 3.46. The monoisotopic (exact) mass is 241 g/mol. The maximum Gasteiger partial charge on any atom is 0.206 e. The molecule has 1 aromatic rings. The molecule has 0 saturated carbocycles. The summed E-state index contributed by atoms with van der Waals surface area (Å²) >= 11 is 0. The Balaban J connectivity index is 2.40. The Labute approximate surface area is 100 Å². The lowest BCUT2D eigenvalue weighted by Crippen LogP contribution is -2.43. The molecule has 0 aliphatic rings. The highest BCUT2D eigenvalue weighted by atomic mass is 16.5. The minimum atomic E-state index is -0.0466. The van der Waals surface area contributed by atoms with Crippen LogP contribution in [0.3, 0.4) is 0 Å². The van der Waals surface area contributed by atoms with Gasteiger partial charge in [0.1, 0.15) is 12.2 Å². The molecule has 0 aliphatic heterocycles. The minimum absolute atomic E-state index is 0.0466. The third kappa shape index (κ3) is 4.79. The molecule has 0 aromatic carbocycles. The number of aliphatic imine (C=N–C) groups is 1. The number of guanidine groups is 1. The average molecular weight is 241 g/mol. The first-order chi connectivity index (χ1) is 8.27. The van der Waals surface area contributed by atoms with Crippen molar-refractivity contribution in [2.45, 2.75) is 19.4 Å². The summed E-state index contributed by atoms with van der Waals surface area (Å²) in [5.74, 6) is 6.61. The van der Waals surface area contributed by atoms with Gasteiger partial charge < -0.3 is 10.1 Å². The molecular formula is C9H19N7O. The van der Waals surface area contributed by atoms with E-state index >= 15 is 0 Å². The number of nitrogens with zero attached hydrogens (tertiary/aromatic N) is 3. The molecule has 96 valence electrons. The molecule has 1 unspecified atom stereocenters. The molecule has 1 heterocycles. The maximum atomic E-state index is 5.37. The van der Waals surface area contributed by atoms with E-state index < -0.39 is 0 Å². The fraction of sp³-hybridized carbons (Fsp3) is 0.667. The third-order valence-electron chi connectivity index (χ3n) is 2.11. The van der Waals surface area contributed by atoms with Crippen molar-refractivity contribution < 1.29 is 4.74 Å². The topological polar surface area (TPSA) is 113 Å². The Morgan fingerprint density at radius 2 is 2.53 bits per heavy atom. The second kappa shape index (κ2) is 7.58. The molecule has 1 atom stereocenters.